The van der Waals surface area contributed by atoms with Crippen LogP contribution in [0.15, 0.2) is 12.4 Å². The van der Waals surface area contributed by atoms with E-state index in [9.17, 15) is 0 Å². The van der Waals surface area contributed by atoms with E-state index in [0.717, 1.165) is 22.9 Å². The van der Waals surface area contributed by atoms with Gasteiger partial charge in [-0.25, -0.2) is 9.67 Å². The fourth-order valence-corrected chi connectivity index (χ4v) is 1.85. The van der Waals surface area contributed by atoms with Crippen LogP contribution in [-0.4, -0.2) is 25.3 Å². The summed E-state index contributed by atoms with van der Waals surface area (Å²) in [5.74, 6) is 0.762. The lowest BCUT2D eigenvalue weighted by Crippen LogP contribution is -2.35. The topological polar surface area (TPSA) is 55.6 Å². The fourth-order valence-electron chi connectivity index (χ4n) is 1.85. The van der Waals surface area contributed by atoms with Gasteiger partial charge in [-0.15, -0.1) is 0 Å². The molecule has 2 aromatic heterocycles. The van der Waals surface area contributed by atoms with Gasteiger partial charge in [0.1, 0.15) is 0 Å². The van der Waals surface area contributed by atoms with Crippen molar-refractivity contribution in [2.45, 2.75) is 53.6 Å². The van der Waals surface area contributed by atoms with Gasteiger partial charge >= 0.3 is 0 Å². The summed E-state index contributed by atoms with van der Waals surface area (Å²) in [5.41, 5.74) is 4.35. The summed E-state index contributed by atoms with van der Waals surface area (Å²) >= 11 is 0. The molecule has 2 aromatic rings. The van der Waals surface area contributed by atoms with E-state index in [2.05, 4.69) is 48.1 Å². The summed E-state index contributed by atoms with van der Waals surface area (Å²) in [6.07, 6.45) is 3.58. The molecule has 2 rings (SSSR count). The third kappa shape index (κ3) is 3.22. The second kappa shape index (κ2) is 5.32. The molecular formula is C15H23N5. The number of aryl methyl sites for hydroxylation is 1. The predicted molar refractivity (Wildman–Crippen MR) is 80.0 cm³/mol. The molecule has 0 unspecified atom stereocenters. The van der Waals surface area contributed by atoms with Crippen LogP contribution < -0.4 is 5.32 Å². The van der Waals surface area contributed by atoms with Crippen LogP contribution in [0.5, 0.6) is 0 Å². The number of aromatic nitrogens is 4. The van der Waals surface area contributed by atoms with Crippen LogP contribution in [0.4, 0.5) is 0 Å². The number of nitrogens with one attached hydrogen (secondary N) is 1. The zero-order chi connectivity index (χ0) is 14.9. The number of hydrogen-bond donors (Lipinski definition) is 1. The first-order valence-corrected chi connectivity index (χ1v) is 6.87. The minimum Gasteiger partial charge on any atom is -0.306 e. The average Bonchev–Trinajstić information content (AvgIpc) is 2.64. The van der Waals surface area contributed by atoms with Crippen molar-refractivity contribution in [2.75, 3.05) is 0 Å². The van der Waals surface area contributed by atoms with Crippen LogP contribution in [0.2, 0.25) is 0 Å². The molecular weight excluding hydrogens is 250 g/mol. The molecule has 20 heavy (non-hydrogen) atoms. The molecule has 2 heterocycles. The Morgan fingerprint density at radius 3 is 2.25 bits per heavy atom. The monoisotopic (exact) mass is 273 g/mol. The maximum atomic E-state index is 4.49. The molecule has 1 N–H and O–H groups in total. The lowest BCUT2D eigenvalue weighted by Gasteiger charge is -2.20. The highest BCUT2D eigenvalue weighted by Gasteiger charge is 2.11. The fraction of sp³-hybridized carbons (Fsp3) is 0.533. The predicted octanol–water partition coefficient (Wildman–Crippen LogP) is 2.48. The van der Waals surface area contributed by atoms with E-state index in [1.165, 1.54) is 5.56 Å². The van der Waals surface area contributed by atoms with Gasteiger partial charge in [-0.1, -0.05) is 0 Å². The molecule has 0 fully saturated rings. The molecule has 5 heteroatoms. The van der Waals surface area contributed by atoms with Crippen molar-refractivity contribution in [3.8, 4) is 5.82 Å². The largest absolute Gasteiger partial charge is 0.306 e. The van der Waals surface area contributed by atoms with E-state index in [4.69, 9.17) is 0 Å². The first-order chi connectivity index (χ1) is 9.28. The van der Waals surface area contributed by atoms with Gasteiger partial charge in [0.25, 0.3) is 0 Å². The van der Waals surface area contributed by atoms with Gasteiger partial charge < -0.3 is 5.32 Å². The maximum absolute atomic E-state index is 4.49. The highest BCUT2D eigenvalue weighted by atomic mass is 15.3. The minimum absolute atomic E-state index is 0.0765. The van der Waals surface area contributed by atoms with Gasteiger partial charge in [0, 0.05) is 17.8 Å². The summed E-state index contributed by atoms with van der Waals surface area (Å²) in [6, 6.07) is 0. The van der Waals surface area contributed by atoms with Crippen molar-refractivity contribution in [3.63, 3.8) is 0 Å². The second-order valence-corrected chi connectivity index (χ2v) is 6.18. The summed E-state index contributed by atoms with van der Waals surface area (Å²) in [6.45, 7) is 13.2. The Bertz CT molecular complexity index is 590. The van der Waals surface area contributed by atoms with Crippen molar-refractivity contribution in [3.05, 3.63) is 35.0 Å². The van der Waals surface area contributed by atoms with Gasteiger partial charge in [0.15, 0.2) is 5.82 Å². The molecule has 0 aliphatic carbocycles. The summed E-state index contributed by atoms with van der Waals surface area (Å²) in [5, 5.41) is 7.89. The van der Waals surface area contributed by atoms with Gasteiger partial charge in [0.05, 0.1) is 23.8 Å². The van der Waals surface area contributed by atoms with E-state index < -0.39 is 0 Å². The van der Waals surface area contributed by atoms with Crippen molar-refractivity contribution in [1.29, 1.82) is 0 Å². The smallest absolute Gasteiger partial charge is 0.172 e. The molecule has 0 aromatic carbocycles. The Balaban J connectivity index is 2.18. The third-order valence-electron chi connectivity index (χ3n) is 3.36. The van der Waals surface area contributed by atoms with Crippen LogP contribution >= 0.6 is 0 Å². The van der Waals surface area contributed by atoms with E-state index >= 15 is 0 Å². The van der Waals surface area contributed by atoms with Crippen molar-refractivity contribution < 1.29 is 0 Å². The Kier molecular flexibility index (Phi) is 3.90. The second-order valence-electron chi connectivity index (χ2n) is 6.18. The van der Waals surface area contributed by atoms with Crippen LogP contribution in [0.25, 0.3) is 5.82 Å². The van der Waals surface area contributed by atoms with E-state index in [-0.39, 0.29) is 5.54 Å². The number of nitrogens with zero attached hydrogens (tertiary/aromatic N) is 4. The van der Waals surface area contributed by atoms with Gasteiger partial charge in [-0.2, -0.15) is 5.10 Å². The normalized spacial score (nSPS) is 11.9. The van der Waals surface area contributed by atoms with Gasteiger partial charge in [0.2, 0.25) is 0 Å². The lowest BCUT2D eigenvalue weighted by molar-refractivity contribution is 0.421. The van der Waals surface area contributed by atoms with Crippen LogP contribution in [0.3, 0.4) is 0 Å². The molecule has 0 radical (unpaired) electrons. The highest BCUT2D eigenvalue weighted by Crippen LogP contribution is 2.14. The van der Waals surface area contributed by atoms with Gasteiger partial charge in [-0.05, 0) is 47.1 Å². The summed E-state index contributed by atoms with van der Waals surface area (Å²) in [4.78, 5) is 8.92. The lowest BCUT2D eigenvalue weighted by atomic mass is 10.1. The third-order valence-corrected chi connectivity index (χ3v) is 3.36. The molecule has 0 saturated heterocycles. The van der Waals surface area contributed by atoms with E-state index in [0.29, 0.717) is 6.54 Å². The first kappa shape index (κ1) is 14.7. The summed E-state index contributed by atoms with van der Waals surface area (Å²) in [7, 11) is 0. The first-order valence-electron chi connectivity index (χ1n) is 6.87. The Morgan fingerprint density at radius 1 is 1.10 bits per heavy atom. The SMILES string of the molecule is Cc1nn(-c2cnc(CNC(C)(C)C)cn2)c(C)c1C. The van der Waals surface area contributed by atoms with E-state index in [1.807, 2.05) is 18.5 Å². The van der Waals surface area contributed by atoms with Crippen LogP contribution in [0.1, 0.15) is 43.4 Å². The average molecular weight is 273 g/mol. The Labute approximate surface area is 120 Å². The molecule has 5 nitrogen and oxygen atoms in total. The van der Waals surface area contributed by atoms with E-state index in [1.54, 1.807) is 12.4 Å². The zero-order valence-corrected chi connectivity index (χ0v) is 13.2. The molecule has 0 bridgehead atoms. The number of hydrogen-bond acceptors (Lipinski definition) is 4. The quantitative estimate of drug-likeness (QED) is 0.933. The van der Waals surface area contributed by atoms with Crippen molar-refractivity contribution in [2.24, 2.45) is 0 Å². The molecule has 0 atom stereocenters. The molecule has 0 amide bonds. The van der Waals surface area contributed by atoms with Crippen molar-refractivity contribution in [1.82, 2.24) is 25.1 Å². The molecule has 0 aliphatic rings. The van der Waals surface area contributed by atoms with Crippen LogP contribution in [0, 0.1) is 20.8 Å². The molecule has 108 valence electrons. The minimum atomic E-state index is 0.0765. The summed E-state index contributed by atoms with van der Waals surface area (Å²) < 4.78 is 1.85. The zero-order valence-electron chi connectivity index (χ0n) is 13.2. The van der Waals surface area contributed by atoms with Gasteiger partial charge in [-0.3, -0.25) is 4.98 Å². The number of rotatable bonds is 3. The standard InChI is InChI=1S/C15H23N5/c1-10-11(2)19-20(12(10)3)14-9-16-13(7-17-14)8-18-15(4,5)6/h7,9,18H,8H2,1-6H3. The Morgan fingerprint density at radius 2 is 1.80 bits per heavy atom. The molecule has 0 aliphatic heterocycles. The molecule has 0 saturated carbocycles. The van der Waals surface area contributed by atoms with Crippen LogP contribution in [-0.2, 0) is 6.54 Å². The maximum Gasteiger partial charge on any atom is 0.172 e. The molecule has 0 spiro atoms. The van der Waals surface area contributed by atoms with Crippen molar-refractivity contribution >= 4 is 0 Å². The highest BCUT2D eigenvalue weighted by molar-refractivity contribution is 5.30. The Hall–Kier alpha value is -1.75.